The van der Waals surface area contributed by atoms with E-state index >= 15 is 0 Å². The fraction of sp³-hybridized carbons (Fsp3) is 0. The fourth-order valence-corrected chi connectivity index (χ4v) is 3.03. The van der Waals surface area contributed by atoms with Gasteiger partial charge in [-0.2, -0.15) is 5.10 Å². The lowest BCUT2D eigenvalue weighted by molar-refractivity contribution is 1.06. The normalized spacial score (nSPS) is 11.5. The van der Waals surface area contributed by atoms with Gasteiger partial charge in [0.1, 0.15) is 5.69 Å². The Morgan fingerprint density at radius 1 is 1.04 bits per heavy atom. The van der Waals surface area contributed by atoms with E-state index in [9.17, 15) is 0 Å². The first kappa shape index (κ1) is 13.3. The summed E-state index contributed by atoms with van der Waals surface area (Å²) in [5.41, 5.74) is 4.52. The Kier molecular flexibility index (Phi) is 2.74. The highest BCUT2D eigenvalue weighted by Gasteiger charge is 2.13. The highest BCUT2D eigenvalue weighted by Crippen LogP contribution is 2.28. The molecule has 0 bridgehead atoms. The average molecular weight is 335 g/mol. The number of halogens is 1. The molecule has 0 radical (unpaired) electrons. The van der Waals surface area contributed by atoms with E-state index in [0.717, 1.165) is 39.1 Å². The number of benzene rings is 2. The zero-order valence-corrected chi connectivity index (χ0v) is 13.1. The summed E-state index contributed by atoms with van der Waals surface area (Å²) in [4.78, 5) is 12.1. The lowest BCUT2D eigenvalue weighted by atomic mass is 10.2. The van der Waals surface area contributed by atoms with Gasteiger partial charge in [0.15, 0.2) is 5.82 Å². The Morgan fingerprint density at radius 3 is 2.88 bits per heavy atom. The van der Waals surface area contributed by atoms with Crippen LogP contribution >= 0.6 is 11.6 Å². The van der Waals surface area contributed by atoms with Crippen molar-refractivity contribution in [3.05, 3.63) is 60.1 Å². The Bertz CT molecular complexity index is 1170. The maximum atomic E-state index is 6.03. The van der Waals surface area contributed by atoms with E-state index in [-0.39, 0.29) is 0 Å². The van der Waals surface area contributed by atoms with Crippen LogP contribution in [0, 0.1) is 0 Å². The van der Waals surface area contributed by atoms with Crippen LogP contribution in [-0.2, 0) is 0 Å². The van der Waals surface area contributed by atoms with Gasteiger partial charge in [-0.25, -0.2) is 9.97 Å². The molecule has 0 unspecified atom stereocenters. The number of fused-ring (bicyclic) bond motifs is 2. The fourth-order valence-electron chi connectivity index (χ4n) is 2.85. The van der Waals surface area contributed by atoms with Crippen molar-refractivity contribution in [2.24, 2.45) is 0 Å². The predicted octanol–water partition coefficient (Wildman–Crippen LogP) is 3.95. The van der Waals surface area contributed by atoms with Gasteiger partial charge in [0.2, 0.25) is 0 Å². The van der Waals surface area contributed by atoms with Gasteiger partial charge in [0.05, 0.1) is 22.9 Å². The third kappa shape index (κ3) is 2.00. The largest absolute Gasteiger partial charge is 0.337 e. The summed E-state index contributed by atoms with van der Waals surface area (Å²) in [6, 6.07) is 11.7. The maximum Gasteiger partial charge on any atom is 0.159 e. The standard InChI is InChI=1S/C17H11ClN6/c18-10-1-3-12-14(7-10)22-23-16(12)17-20-13-4-2-11(8-15(13)21-17)24-6-5-19-9-24/h1-9H,(H,20,21)(H,22,23). The summed E-state index contributed by atoms with van der Waals surface area (Å²) in [5.74, 6) is 0.723. The molecule has 0 aliphatic heterocycles. The number of aromatic amines is 2. The van der Waals surface area contributed by atoms with Crippen LogP contribution in [0.1, 0.15) is 0 Å². The van der Waals surface area contributed by atoms with Gasteiger partial charge in [0.25, 0.3) is 0 Å². The van der Waals surface area contributed by atoms with Crippen molar-refractivity contribution in [2.45, 2.75) is 0 Å². The van der Waals surface area contributed by atoms with Crippen LogP contribution in [0.25, 0.3) is 39.1 Å². The van der Waals surface area contributed by atoms with Crippen molar-refractivity contribution < 1.29 is 0 Å². The summed E-state index contributed by atoms with van der Waals surface area (Å²) < 4.78 is 1.95. The van der Waals surface area contributed by atoms with Crippen LogP contribution in [0.15, 0.2) is 55.1 Å². The first-order valence-electron chi connectivity index (χ1n) is 7.40. The molecule has 5 rings (SSSR count). The number of hydrogen-bond donors (Lipinski definition) is 2. The van der Waals surface area contributed by atoms with Crippen molar-refractivity contribution in [2.75, 3.05) is 0 Å². The molecule has 7 heteroatoms. The Balaban J connectivity index is 1.66. The zero-order chi connectivity index (χ0) is 16.1. The molecule has 0 saturated carbocycles. The van der Waals surface area contributed by atoms with E-state index in [4.69, 9.17) is 11.6 Å². The summed E-state index contributed by atoms with van der Waals surface area (Å²) in [5, 5.41) is 9.03. The van der Waals surface area contributed by atoms with E-state index in [1.165, 1.54) is 0 Å². The molecule has 0 fully saturated rings. The monoisotopic (exact) mass is 334 g/mol. The van der Waals surface area contributed by atoms with E-state index in [1.807, 2.05) is 47.2 Å². The van der Waals surface area contributed by atoms with E-state index in [0.29, 0.717) is 5.02 Å². The minimum Gasteiger partial charge on any atom is -0.337 e. The summed E-state index contributed by atoms with van der Waals surface area (Å²) >= 11 is 6.03. The van der Waals surface area contributed by atoms with Crippen molar-refractivity contribution in [3.8, 4) is 17.2 Å². The third-order valence-electron chi connectivity index (χ3n) is 4.02. The van der Waals surface area contributed by atoms with Crippen molar-refractivity contribution in [3.63, 3.8) is 0 Å². The van der Waals surface area contributed by atoms with Crippen LogP contribution in [-0.4, -0.2) is 29.7 Å². The molecule has 6 nitrogen and oxygen atoms in total. The van der Waals surface area contributed by atoms with Crippen molar-refractivity contribution in [1.82, 2.24) is 29.7 Å². The lowest BCUT2D eigenvalue weighted by Crippen LogP contribution is -1.88. The minimum absolute atomic E-state index is 0.673. The number of nitrogens with zero attached hydrogens (tertiary/aromatic N) is 4. The van der Waals surface area contributed by atoms with Crippen LogP contribution in [0.5, 0.6) is 0 Å². The Morgan fingerprint density at radius 2 is 2.00 bits per heavy atom. The lowest BCUT2D eigenvalue weighted by Gasteiger charge is -2.00. The smallest absolute Gasteiger partial charge is 0.159 e. The van der Waals surface area contributed by atoms with Gasteiger partial charge in [-0.05, 0) is 36.4 Å². The predicted molar refractivity (Wildman–Crippen MR) is 93.3 cm³/mol. The molecule has 3 aromatic heterocycles. The molecular weight excluding hydrogens is 324 g/mol. The van der Waals surface area contributed by atoms with Gasteiger partial charge in [-0.15, -0.1) is 0 Å². The number of aromatic nitrogens is 6. The van der Waals surface area contributed by atoms with Crippen LogP contribution in [0.3, 0.4) is 0 Å². The second-order valence-electron chi connectivity index (χ2n) is 5.52. The van der Waals surface area contributed by atoms with Gasteiger partial charge in [0, 0.05) is 28.5 Å². The first-order valence-corrected chi connectivity index (χ1v) is 7.78. The third-order valence-corrected chi connectivity index (χ3v) is 4.25. The molecule has 2 aromatic carbocycles. The first-order chi connectivity index (χ1) is 11.8. The molecule has 3 heterocycles. The average Bonchev–Trinajstić information content (AvgIpc) is 3.32. The number of nitrogens with one attached hydrogen (secondary N) is 2. The summed E-state index contributed by atoms with van der Waals surface area (Å²) in [6.45, 7) is 0. The van der Waals surface area contributed by atoms with Gasteiger partial charge in [-0.1, -0.05) is 11.6 Å². The second-order valence-corrected chi connectivity index (χ2v) is 5.96. The minimum atomic E-state index is 0.673. The molecule has 0 atom stereocenters. The van der Waals surface area contributed by atoms with Crippen LogP contribution in [0.4, 0.5) is 0 Å². The van der Waals surface area contributed by atoms with Crippen molar-refractivity contribution >= 4 is 33.5 Å². The number of H-pyrrole nitrogens is 2. The summed E-state index contributed by atoms with van der Waals surface area (Å²) in [7, 11) is 0. The molecule has 0 amide bonds. The topological polar surface area (TPSA) is 75.2 Å². The quantitative estimate of drug-likeness (QED) is 0.513. The highest BCUT2D eigenvalue weighted by atomic mass is 35.5. The molecule has 0 spiro atoms. The highest BCUT2D eigenvalue weighted by molar-refractivity contribution is 6.31. The summed E-state index contributed by atoms with van der Waals surface area (Å²) in [6.07, 6.45) is 5.43. The van der Waals surface area contributed by atoms with Gasteiger partial charge >= 0.3 is 0 Å². The number of imidazole rings is 2. The van der Waals surface area contributed by atoms with E-state index < -0.39 is 0 Å². The molecule has 24 heavy (non-hydrogen) atoms. The molecule has 116 valence electrons. The molecule has 0 saturated heterocycles. The van der Waals surface area contributed by atoms with Crippen LogP contribution in [0.2, 0.25) is 5.02 Å². The molecule has 2 N–H and O–H groups in total. The van der Waals surface area contributed by atoms with Crippen LogP contribution < -0.4 is 0 Å². The van der Waals surface area contributed by atoms with Gasteiger partial charge < -0.3 is 9.55 Å². The molecule has 5 aromatic rings. The van der Waals surface area contributed by atoms with E-state index in [1.54, 1.807) is 12.5 Å². The molecular formula is C17H11ClN6. The van der Waals surface area contributed by atoms with Gasteiger partial charge in [-0.3, -0.25) is 5.10 Å². The molecule has 0 aliphatic rings. The van der Waals surface area contributed by atoms with Crippen molar-refractivity contribution in [1.29, 1.82) is 0 Å². The SMILES string of the molecule is Clc1ccc2c(-c3nc4ccc(-n5ccnc5)cc4[nH]3)n[nH]c2c1. The van der Waals surface area contributed by atoms with E-state index in [2.05, 4.69) is 25.1 Å². The second kappa shape index (κ2) is 4.94. The Hall–Kier alpha value is -3.12. The molecule has 0 aliphatic carbocycles. The zero-order valence-electron chi connectivity index (χ0n) is 12.4. The number of hydrogen-bond acceptors (Lipinski definition) is 3. The Labute approximate surface area is 141 Å². The number of rotatable bonds is 2. The maximum absolute atomic E-state index is 6.03.